The van der Waals surface area contributed by atoms with E-state index in [1.165, 1.54) is 0 Å². The zero-order valence-electron chi connectivity index (χ0n) is 21.3. The maximum absolute atomic E-state index is 14.8. The molecular weight excluding hydrogens is 527 g/mol. The van der Waals surface area contributed by atoms with Crippen LogP contribution in [0.5, 0.6) is 17.4 Å². The van der Waals surface area contributed by atoms with Crippen molar-refractivity contribution in [2.45, 2.75) is 51.6 Å². The Morgan fingerprint density at radius 1 is 1.18 bits per heavy atom. The lowest BCUT2D eigenvalue weighted by Crippen LogP contribution is -2.53. The van der Waals surface area contributed by atoms with Crippen molar-refractivity contribution in [1.82, 2.24) is 14.5 Å². The Morgan fingerprint density at radius 2 is 1.90 bits per heavy atom. The average Bonchev–Trinajstić information content (AvgIpc) is 3.18. The molecule has 4 heterocycles. The van der Waals surface area contributed by atoms with Gasteiger partial charge in [0.1, 0.15) is 23.9 Å². The van der Waals surface area contributed by atoms with Gasteiger partial charge in [0, 0.05) is 18.8 Å². The highest BCUT2D eigenvalue weighted by molar-refractivity contribution is 5.59. The lowest BCUT2D eigenvalue weighted by Gasteiger charge is -2.40. The molecule has 1 aromatic carbocycles. The fourth-order valence-electron chi connectivity index (χ4n) is 4.91. The van der Waals surface area contributed by atoms with E-state index in [1.54, 1.807) is 4.57 Å². The summed E-state index contributed by atoms with van der Waals surface area (Å²) in [5.41, 5.74) is -1.42. The average molecular weight is 553 g/mol. The van der Waals surface area contributed by atoms with Crippen LogP contribution in [-0.4, -0.2) is 39.8 Å². The molecule has 0 spiro atoms. The number of rotatable bonds is 6. The summed E-state index contributed by atoms with van der Waals surface area (Å²) in [5, 5.41) is 0. The number of nitrogens with zero attached hydrogens (tertiary/aromatic N) is 4. The third kappa shape index (κ3) is 5.02. The molecule has 3 aromatic rings. The van der Waals surface area contributed by atoms with Gasteiger partial charge in [0.15, 0.2) is 17.4 Å². The summed E-state index contributed by atoms with van der Waals surface area (Å²) in [5.74, 6) is -2.92. The number of halogens is 5. The van der Waals surface area contributed by atoms with Crippen molar-refractivity contribution in [3.8, 4) is 17.4 Å². The number of hydrogen-bond donors (Lipinski definition) is 0. The molecule has 0 amide bonds. The van der Waals surface area contributed by atoms with Gasteiger partial charge in [0.25, 0.3) is 0 Å². The molecule has 1 fully saturated rings. The van der Waals surface area contributed by atoms with Crippen molar-refractivity contribution in [1.29, 1.82) is 0 Å². The van der Waals surface area contributed by atoms with Crippen LogP contribution in [0.2, 0.25) is 0 Å². The van der Waals surface area contributed by atoms with Gasteiger partial charge in [-0.15, -0.1) is 0 Å². The molecule has 13 heteroatoms. The van der Waals surface area contributed by atoms with Gasteiger partial charge in [-0.2, -0.15) is 18.2 Å². The molecule has 208 valence electrons. The largest absolute Gasteiger partial charge is 0.472 e. The molecule has 8 nitrogen and oxygen atoms in total. The van der Waals surface area contributed by atoms with Crippen LogP contribution in [-0.2, 0) is 24.1 Å². The molecule has 0 unspecified atom stereocenters. The standard InChI is InChI=1S/C26H25F5N4O4/c1-14(2)20-22(33-24(36)34-12-25(3)13-37-7-6-35(25)23(20)34)38-11-15-8-17(27)21(18(28)9-15)39-16-4-5-32-19(10-16)26(29,30)31/h4-5,8-10,14H,6-7,11-13H2,1-3H3/t25-/m1/s1. The second-order valence-corrected chi connectivity index (χ2v) is 10.0. The summed E-state index contributed by atoms with van der Waals surface area (Å²) in [6, 6.07) is 3.48. The van der Waals surface area contributed by atoms with Crippen LogP contribution in [0.4, 0.5) is 27.8 Å². The highest BCUT2D eigenvalue weighted by Gasteiger charge is 2.45. The quantitative estimate of drug-likeness (QED) is 0.397. The smallest absolute Gasteiger partial charge is 0.433 e. The van der Waals surface area contributed by atoms with Crippen molar-refractivity contribution in [2.24, 2.45) is 0 Å². The van der Waals surface area contributed by atoms with Gasteiger partial charge in [0.05, 0.1) is 30.9 Å². The first-order valence-electron chi connectivity index (χ1n) is 12.2. The number of anilines is 1. The Labute approximate surface area is 220 Å². The number of ether oxygens (including phenoxy) is 3. The predicted molar refractivity (Wildman–Crippen MR) is 129 cm³/mol. The van der Waals surface area contributed by atoms with Gasteiger partial charge in [-0.3, -0.25) is 9.55 Å². The lowest BCUT2D eigenvalue weighted by atomic mass is 10.00. The molecule has 1 atom stereocenters. The van der Waals surface area contributed by atoms with Crippen molar-refractivity contribution in [3.63, 3.8) is 0 Å². The van der Waals surface area contributed by atoms with E-state index in [1.807, 2.05) is 20.8 Å². The number of alkyl halides is 3. The molecule has 1 saturated heterocycles. The van der Waals surface area contributed by atoms with Crippen LogP contribution in [0.15, 0.2) is 35.3 Å². The minimum absolute atomic E-state index is 0.0644. The zero-order valence-corrected chi connectivity index (χ0v) is 21.3. The Hall–Kier alpha value is -3.74. The SMILES string of the molecule is CC(C)c1c(OCc2cc(F)c(Oc3ccnc(C(F)(F)F)c3)c(F)c2)nc(=O)n2c1N1CCOC[C@@]1(C)C2. The number of fused-ring (bicyclic) bond motifs is 3. The summed E-state index contributed by atoms with van der Waals surface area (Å²) in [4.78, 5) is 22.3. The van der Waals surface area contributed by atoms with Crippen LogP contribution in [0.3, 0.4) is 0 Å². The third-order valence-electron chi connectivity index (χ3n) is 6.69. The van der Waals surface area contributed by atoms with Crippen LogP contribution in [0.1, 0.15) is 43.5 Å². The first kappa shape index (κ1) is 26.9. The maximum atomic E-state index is 14.8. The Morgan fingerprint density at radius 3 is 2.56 bits per heavy atom. The Bertz CT molecular complexity index is 1450. The number of pyridine rings is 1. The Kier molecular flexibility index (Phi) is 6.73. The van der Waals surface area contributed by atoms with Crippen molar-refractivity contribution < 1.29 is 36.2 Å². The van der Waals surface area contributed by atoms with Crippen LogP contribution >= 0.6 is 0 Å². The van der Waals surface area contributed by atoms with Crippen LogP contribution in [0.25, 0.3) is 0 Å². The van der Waals surface area contributed by atoms with E-state index in [4.69, 9.17) is 14.2 Å². The second-order valence-electron chi connectivity index (χ2n) is 10.0. The molecule has 0 bridgehead atoms. The molecule has 39 heavy (non-hydrogen) atoms. The molecule has 2 aromatic heterocycles. The third-order valence-corrected chi connectivity index (χ3v) is 6.69. The summed E-state index contributed by atoms with van der Waals surface area (Å²) in [6.07, 6.45) is -3.92. The topological polar surface area (TPSA) is 78.7 Å². The van der Waals surface area contributed by atoms with E-state index in [2.05, 4.69) is 14.9 Å². The highest BCUT2D eigenvalue weighted by Crippen LogP contribution is 2.42. The van der Waals surface area contributed by atoms with Crippen molar-refractivity contribution in [3.05, 3.63) is 69.4 Å². The first-order chi connectivity index (χ1) is 18.4. The Balaban J connectivity index is 1.40. The molecule has 5 rings (SSSR count). The normalized spacial score (nSPS) is 18.7. The van der Waals surface area contributed by atoms with Crippen molar-refractivity contribution in [2.75, 3.05) is 24.7 Å². The van der Waals surface area contributed by atoms with E-state index in [9.17, 15) is 26.7 Å². The molecule has 0 aliphatic carbocycles. The van der Waals surface area contributed by atoms with Gasteiger partial charge in [-0.25, -0.2) is 13.6 Å². The first-order valence-corrected chi connectivity index (χ1v) is 12.2. The summed E-state index contributed by atoms with van der Waals surface area (Å²) >= 11 is 0. The number of aromatic nitrogens is 3. The number of benzene rings is 1. The lowest BCUT2D eigenvalue weighted by molar-refractivity contribution is -0.141. The molecule has 2 aliphatic rings. The van der Waals surface area contributed by atoms with Gasteiger partial charge < -0.3 is 19.1 Å². The van der Waals surface area contributed by atoms with E-state index in [0.29, 0.717) is 43.8 Å². The minimum atomic E-state index is -4.75. The number of hydrogen-bond acceptors (Lipinski definition) is 7. The van der Waals surface area contributed by atoms with E-state index in [-0.39, 0.29) is 24.0 Å². The van der Waals surface area contributed by atoms with Crippen molar-refractivity contribution >= 4 is 5.82 Å². The molecular formula is C26H25F5N4O4. The molecule has 0 saturated carbocycles. The fourth-order valence-corrected chi connectivity index (χ4v) is 4.91. The fraction of sp³-hybridized carbons (Fsp3) is 0.423. The highest BCUT2D eigenvalue weighted by atomic mass is 19.4. The monoisotopic (exact) mass is 552 g/mol. The molecule has 2 aliphatic heterocycles. The second kappa shape index (κ2) is 9.78. The predicted octanol–water partition coefficient (Wildman–Crippen LogP) is 5.04. The summed E-state index contributed by atoms with van der Waals surface area (Å²) in [7, 11) is 0. The minimum Gasteiger partial charge on any atom is -0.472 e. The molecule has 0 radical (unpaired) electrons. The van der Waals surface area contributed by atoms with Crippen LogP contribution < -0.4 is 20.1 Å². The van der Waals surface area contributed by atoms with Crippen LogP contribution in [0, 0.1) is 11.6 Å². The van der Waals surface area contributed by atoms with E-state index in [0.717, 1.165) is 24.4 Å². The van der Waals surface area contributed by atoms with E-state index >= 15 is 0 Å². The summed E-state index contributed by atoms with van der Waals surface area (Å²) in [6.45, 7) is 7.49. The van der Waals surface area contributed by atoms with Gasteiger partial charge in [-0.1, -0.05) is 13.8 Å². The summed E-state index contributed by atoms with van der Waals surface area (Å²) < 4.78 is 86.4. The van der Waals surface area contributed by atoms with Gasteiger partial charge in [0.2, 0.25) is 5.88 Å². The zero-order chi connectivity index (χ0) is 28.1. The van der Waals surface area contributed by atoms with Gasteiger partial charge >= 0.3 is 11.9 Å². The number of morpholine rings is 1. The molecule has 0 N–H and O–H groups in total. The van der Waals surface area contributed by atoms with Gasteiger partial charge in [-0.05, 0) is 36.6 Å². The van der Waals surface area contributed by atoms with E-state index < -0.39 is 46.2 Å². The maximum Gasteiger partial charge on any atom is 0.433 e.